The van der Waals surface area contributed by atoms with Gasteiger partial charge in [-0.1, -0.05) is 41.9 Å². The van der Waals surface area contributed by atoms with E-state index in [-0.39, 0.29) is 12.3 Å². The maximum atomic E-state index is 12.9. The van der Waals surface area contributed by atoms with Crippen LogP contribution in [0.3, 0.4) is 0 Å². The Bertz CT molecular complexity index is 1170. The number of hydrogen-bond donors (Lipinski definition) is 2. The van der Waals surface area contributed by atoms with E-state index in [0.29, 0.717) is 28.6 Å². The molecule has 0 spiro atoms. The number of halogens is 1. The van der Waals surface area contributed by atoms with E-state index in [4.69, 9.17) is 16.3 Å². The lowest BCUT2D eigenvalue weighted by Gasteiger charge is -2.21. The van der Waals surface area contributed by atoms with Gasteiger partial charge in [-0.2, -0.15) is 5.01 Å². The first-order chi connectivity index (χ1) is 15.8. The van der Waals surface area contributed by atoms with Crippen molar-refractivity contribution >= 4 is 40.8 Å². The summed E-state index contributed by atoms with van der Waals surface area (Å²) in [6, 6.07) is 15.9. The van der Waals surface area contributed by atoms with Crippen molar-refractivity contribution in [2.45, 2.75) is 31.9 Å². The Morgan fingerprint density at radius 1 is 1.18 bits per heavy atom. The maximum absolute atomic E-state index is 12.9. The van der Waals surface area contributed by atoms with Crippen molar-refractivity contribution in [3.63, 3.8) is 0 Å². The molecule has 2 N–H and O–H groups in total. The molecule has 170 valence electrons. The average Bonchev–Trinajstić information content (AvgIpc) is 3.37. The van der Waals surface area contributed by atoms with Gasteiger partial charge in [0.2, 0.25) is 0 Å². The van der Waals surface area contributed by atoms with E-state index in [9.17, 15) is 14.4 Å². The van der Waals surface area contributed by atoms with Crippen molar-refractivity contribution in [3.05, 3.63) is 81.3 Å². The predicted molar refractivity (Wildman–Crippen MR) is 124 cm³/mol. The average molecular weight is 485 g/mol. The monoisotopic (exact) mass is 484 g/mol. The smallest absolute Gasteiger partial charge is 0.344 e. The van der Waals surface area contributed by atoms with E-state index in [0.717, 1.165) is 10.6 Å². The standard InChI is InChI=1S/C23H21ClN4O4S/c1-23(12-11-15-5-3-2-4-6-15)21(30)28(22(31)26-23)27-20(29)18-14-33-19(25-18)13-32-17-9-7-16(24)8-10-17/h2-10,14H,11-13H2,1H3,(H,26,31)(H,27,29). The summed E-state index contributed by atoms with van der Waals surface area (Å²) in [6.45, 7) is 1.82. The van der Waals surface area contributed by atoms with Crippen LogP contribution in [0.5, 0.6) is 5.75 Å². The van der Waals surface area contributed by atoms with Gasteiger partial charge in [-0.05, 0) is 49.6 Å². The lowest BCUT2D eigenvalue weighted by Crippen LogP contribution is -2.49. The van der Waals surface area contributed by atoms with Gasteiger partial charge in [0.25, 0.3) is 11.8 Å². The lowest BCUT2D eigenvalue weighted by atomic mass is 9.93. The first-order valence-electron chi connectivity index (χ1n) is 10.2. The minimum Gasteiger partial charge on any atom is -0.486 e. The first kappa shape index (κ1) is 22.8. The van der Waals surface area contributed by atoms with E-state index in [1.165, 1.54) is 11.3 Å². The second-order valence-corrected chi connectivity index (χ2v) is 9.08. The molecule has 4 amide bonds. The van der Waals surface area contributed by atoms with Crippen LogP contribution in [0.1, 0.15) is 34.4 Å². The molecule has 1 aliphatic rings. The highest BCUT2D eigenvalue weighted by molar-refractivity contribution is 7.09. The number of nitrogens with zero attached hydrogens (tertiary/aromatic N) is 2. The number of hydrazine groups is 1. The largest absolute Gasteiger partial charge is 0.486 e. The second kappa shape index (κ2) is 9.60. The molecular weight excluding hydrogens is 464 g/mol. The Labute approximate surface area is 199 Å². The number of urea groups is 1. The van der Waals surface area contributed by atoms with Gasteiger partial charge in [0.15, 0.2) is 0 Å². The van der Waals surface area contributed by atoms with Gasteiger partial charge in [0.1, 0.15) is 28.6 Å². The summed E-state index contributed by atoms with van der Waals surface area (Å²) >= 11 is 7.09. The fourth-order valence-corrected chi connectivity index (χ4v) is 4.12. The van der Waals surface area contributed by atoms with Crippen LogP contribution in [-0.2, 0) is 17.8 Å². The number of rotatable bonds is 8. The number of aromatic nitrogens is 1. The maximum Gasteiger partial charge on any atom is 0.344 e. The predicted octanol–water partition coefficient (Wildman–Crippen LogP) is 3.96. The van der Waals surface area contributed by atoms with Crippen molar-refractivity contribution < 1.29 is 19.1 Å². The molecule has 2 aromatic carbocycles. The summed E-state index contributed by atoms with van der Waals surface area (Å²) in [5.41, 5.74) is 2.40. The molecule has 2 heterocycles. The van der Waals surface area contributed by atoms with Crippen LogP contribution < -0.4 is 15.5 Å². The molecule has 33 heavy (non-hydrogen) atoms. The number of hydrogen-bond acceptors (Lipinski definition) is 6. The zero-order valence-electron chi connectivity index (χ0n) is 17.7. The molecule has 3 aromatic rings. The van der Waals surface area contributed by atoms with Crippen LogP contribution in [0.25, 0.3) is 0 Å². The molecule has 0 aliphatic carbocycles. The van der Waals surface area contributed by atoms with Crippen molar-refractivity contribution in [2.75, 3.05) is 0 Å². The first-order valence-corrected chi connectivity index (χ1v) is 11.4. The number of aryl methyl sites for hydroxylation is 1. The van der Waals surface area contributed by atoms with Crippen LogP contribution in [-0.4, -0.2) is 33.4 Å². The lowest BCUT2D eigenvalue weighted by molar-refractivity contribution is -0.132. The number of carbonyl (C=O) groups excluding carboxylic acids is 3. The van der Waals surface area contributed by atoms with E-state index < -0.39 is 23.4 Å². The molecule has 1 aliphatic heterocycles. The fourth-order valence-electron chi connectivity index (χ4n) is 3.31. The molecule has 0 saturated carbocycles. The van der Waals surface area contributed by atoms with Crippen molar-refractivity contribution in [3.8, 4) is 5.75 Å². The van der Waals surface area contributed by atoms with E-state index in [1.807, 2.05) is 30.3 Å². The Hall–Kier alpha value is -3.43. The van der Waals surface area contributed by atoms with Crippen LogP contribution >= 0.6 is 22.9 Å². The van der Waals surface area contributed by atoms with Gasteiger partial charge in [-0.25, -0.2) is 9.78 Å². The van der Waals surface area contributed by atoms with Crippen LogP contribution in [0.4, 0.5) is 4.79 Å². The summed E-state index contributed by atoms with van der Waals surface area (Å²) in [5, 5.41) is 6.12. The van der Waals surface area contributed by atoms with E-state index in [2.05, 4.69) is 15.7 Å². The molecule has 0 bridgehead atoms. The fraction of sp³-hybridized carbons (Fsp3) is 0.217. The summed E-state index contributed by atoms with van der Waals surface area (Å²) in [5.74, 6) is -0.548. The molecule has 1 unspecified atom stereocenters. The molecule has 0 radical (unpaired) electrons. The third-order valence-corrected chi connectivity index (χ3v) is 6.27. The third kappa shape index (κ3) is 5.32. The molecule has 10 heteroatoms. The number of carbonyl (C=O) groups is 3. The molecule has 1 saturated heterocycles. The quantitative estimate of drug-likeness (QED) is 0.471. The minimum atomic E-state index is -1.11. The molecule has 1 fully saturated rings. The van der Waals surface area contributed by atoms with Gasteiger partial charge in [0.05, 0.1) is 0 Å². The number of ether oxygens (including phenoxy) is 1. The Balaban J connectivity index is 1.34. The molecule has 1 aromatic heterocycles. The normalized spacial score (nSPS) is 17.7. The van der Waals surface area contributed by atoms with Gasteiger partial charge in [0, 0.05) is 10.4 Å². The van der Waals surface area contributed by atoms with Gasteiger partial charge < -0.3 is 10.1 Å². The van der Waals surface area contributed by atoms with E-state index in [1.54, 1.807) is 36.6 Å². The zero-order chi connectivity index (χ0) is 23.4. The number of benzene rings is 2. The number of thiazole rings is 1. The third-order valence-electron chi connectivity index (χ3n) is 5.19. The van der Waals surface area contributed by atoms with Gasteiger partial charge >= 0.3 is 6.03 Å². The highest BCUT2D eigenvalue weighted by atomic mass is 35.5. The number of amides is 4. The second-order valence-electron chi connectivity index (χ2n) is 7.70. The van der Waals surface area contributed by atoms with E-state index >= 15 is 0 Å². The van der Waals surface area contributed by atoms with Crippen molar-refractivity contribution in [1.82, 2.24) is 20.7 Å². The number of nitrogens with one attached hydrogen (secondary N) is 2. The highest BCUT2D eigenvalue weighted by Gasteiger charge is 2.48. The van der Waals surface area contributed by atoms with Gasteiger partial charge in [-0.3, -0.25) is 15.0 Å². The van der Waals surface area contributed by atoms with Crippen molar-refractivity contribution in [1.29, 1.82) is 0 Å². The molecular formula is C23H21ClN4O4S. The SMILES string of the molecule is CC1(CCc2ccccc2)NC(=O)N(NC(=O)c2csc(COc3ccc(Cl)cc3)n2)C1=O. The molecule has 8 nitrogen and oxygen atoms in total. The summed E-state index contributed by atoms with van der Waals surface area (Å²) in [6.07, 6.45) is 1.01. The minimum absolute atomic E-state index is 0.0909. The Morgan fingerprint density at radius 3 is 2.64 bits per heavy atom. The highest BCUT2D eigenvalue weighted by Crippen LogP contribution is 2.23. The van der Waals surface area contributed by atoms with Crippen molar-refractivity contribution in [2.24, 2.45) is 0 Å². The van der Waals surface area contributed by atoms with Crippen LogP contribution in [0.2, 0.25) is 5.02 Å². The van der Waals surface area contributed by atoms with Gasteiger partial charge in [-0.15, -0.1) is 11.3 Å². The topological polar surface area (TPSA) is 101 Å². The van der Waals surface area contributed by atoms with Crippen LogP contribution in [0, 0.1) is 0 Å². The zero-order valence-corrected chi connectivity index (χ0v) is 19.3. The summed E-state index contributed by atoms with van der Waals surface area (Å²) < 4.78 is 5.63. The van der Waals surface area contributed by atoms with Crippen LogP contribution in [0.15, 0.2) is 60.0 Å². The summed E-state index contributed by atoms with van der Waals surface area (Å²) in [4.78, 5) is 42.1. The summed E-state index contributed by atoms with van der Waals surface area (Å²) in [7, 11) is 0. The Kier molecular flexibility index (Phi) is 6.62. The molecule has 1 atom stereocenters. The molecule has 4 rings (SSSR count). The Morgan fingerprint density at radius 2 is 1.91 bits per heavy atom. The number of imide groups is 1.